The van der Waals surface area contributed by atoms with Crippen molar-refractivity contribution in [1.82, 2.24) is 4.90 Å². The van der Waals surface area contributed by atoms with E-state index in [1.165, 1.54) is 12.7 Å². The van der Waals surface area contributed by atoms with Crippen molar-refractivity contribution in [3.05, 3.63) is 65.2 Å². The minimum absolute atomic E-state index is 0.288. The molecule has 132 valence electrons. The van der Waals surface area contributed by atoms with Gasteiger partial charge < -0.3 is 10.1 Å². The molecule has 4 heteroatoms. The Hall–Kier alpha value is -2.33. The van der Waals surface area contributed by atoms with E-state index in [9.17, 15) is 4.79 Å². The number of aryl methyl sites for hydroxylation is 1. The summed E-state index contributed by atoms with van der Waals surface area (Å²) in [6.45, 7) is 5.26. The number of nitrogens with one attached hydrogen (secondary N) is 1. The maximum atomic E-state index is 11.6. The lowest BCUT2D eigenvalue weighted by molar-refractivity contribution is 0.0600. The number of nitrogens with zero attached hydrogens (tertiary/aromatic N) is 1. The summed E-state index contributed by atoms with van der Waals surface area (Å²) in [4.78, 5) is 14.1. The summed E-state index contributed by atoms with van der Waals surface area (Å²) in [6, 6.07) is 16.8. The third-order valence-corrected chi connectivity index (χ3v) is 4.84. The zero-order valence-corrected chi connectivity index (χ0v) is 15.0. The molecule has 1 N–H and O–H groups in total. The van der Waals surface area contributed by atoms with E-state index >= 15 is 0 Å². The number of rotatable bonds is 5. The quantitative estimate of drug-likeness (QED) is 0.841. The van der Waals surface area contributed by atoms with Gasteiger partial charge in [0.1, 0.15) is 0 Å². The van der Waals surface area contributed by atoms with Gasteiger partial charge in [-0.2, -0.15) is 0 Å². The molecule has 0 bridgehead atoms. The lowest BCUT2D eigenvalue weighted by Crippen LogP contribution is -2.38. The van der Waals surface area contributed by atoms with E-state index in [4.69, 9.17) is 4.74 Å². The van der Waals surface area contributed by atoms with Crippen LogP contribution >= 0.6 is 0 Å². The number of hydrogen-bond donors (Lipinski definition) is 1. The zero-order chi connectivity index (χ0) is 17.6. The van der Waals surface area contributed by atoms with E-state index in [0.717, 1.165) is 43.7 Å². The SMILES string of the molecule is COC(=O)c1ccc(NC2CCN(Cc3ccccc3)CC2)c(C)c1. The molecular formula is C21H26N2O2. The molecule has 0 saturated carbocycles. The number of carbonyl (C=O) groups is 1. The van der Waals surface area contributed by atoms with Crippen LogP contribution in [0.2, 0.25) is 0 Å². The van der Waals surface area contributed by atoms with Gasteiger partial charge in [-0.3, -0.25) is 4.90 Å². The largest absolute Gasteiger partial charge is 0.465 e. The maximum Gasteiger partial charge on any atom is 0.337 e. The van der Waals surface area contributed by atoms with Gasteiger partial charge in [-0.05, 0) is 49.1 Å². The Bertz CT molecular complexity index is 707. The summed E-state index contributed by atoms with van der Waals surface area (Å²) in [6.07, 6.45) is 2.26. The highest BCUT2D eigenvalue weighted by molar-refractivity contribution is 5.90. The average Bonchev–Trinajstić information content (AvgIpc) is 2.65. The predicted octanol–water partition coefficient (Wildman–Crippen LogP) is 3.86. The number of anilines is 1. The molecule has 1 aliphatic heterocycles. The molecule has 25 heavy (non-hydrogen) atoms. The Morgan fingerprint density at radius 1 is 1.16 bits per heavy atom. The number of carbonyl (C=O) groups excluding carboxylic acids is 1. The monoisotopic (exact) mass is 338 g/mol. The Labute approximate surface area is 149 Å². The maximum absolute atomic E-state index is 11.6. The van der Waals surface area contributed by atoms with Crippen molar-refractivity contribution in [2.75, 3.05) is 25.5 Å². The van der Waals surface area contributed by atoms with Gasteiger partial charge in [-0.25, -0.2) is 4.79 Å². The minimum Gasteiger partial charge on any atom is -0.465 e. The van der Waals surface area contributed by atoms with E-state index in [2.05, 4.69) is 40.5 Å². The van der Waals surface area contributed by atoms with E-state index in [-0.39, 0.29) is 5.97 Å². The highest BCUT2D eigenvalue weighted by Gasteiger charge is 2.19. The van der Waals surface area contributed by atoms with Crippen molar-refractivity contribution < 1.29 is 9.53 Å². The number of likely N-dealkylation sites (tertiary alicyclic amines) is 1. The second-order valence-electron chi connectivity index (χ2n) is 6.70. The van der Waals surface area contributed by atoms with Crippen LogP contribution in [-0.4, -0.2) is 37.1 Å². The number of ether oxygens (including phenoxy) is 1. The fourth-order valence-electron chi connectivity index (χ4n) is 3.37. The average molecular weight is 338 g/mol. The first-order chi connectivity index (χ1) is 12.2. The highest BCUT2D eigenvalue weighted by atomic mass is 16.5. The van der Waals surface area contributed by atoms with Crippen LogP contribution in [0.3, 0.4) is 0 Å². The van der Waals surface area contributed by atoms with Gasteiger partial charge in [-0.1, -0.05) is 30.3 Å². The molecule has 1 heterocycles. The van der Waals surface area contributed by atoms with Crippen molar-refractivity contribution in [2.45, 2.75) is 32.4 Å². The topological polar surface area (TPSA) is 41.6 Å². The molecule has 1 fully saturated rings. The number of esters is 1. The zero-order valence-electron chi connectivity index (χ0n) is 15.0. The summed E-state index contributed by atoms with van der Waals surface area (Å²) in [5.41, 5.74) is 4.16. The lowest BCUT2D eigenvalue weighted by atomic mass is 10.0. The smallest absolute Gasteiger partial charge is 0.337 e. The first-order valence-corrected chi connectivity index (χ1v) is 8.87. The second kappa shape index (κ2) is 8.17. The number of benzene rings is 2. The fraction of sp³-hybridized carbons (Fsp3) is 0.381. The van der Waals surface area contributed by atoms with Crippen molar-refractivity contribution in [3.63, 3.8) is 0 Å². The van der Waals surface area contributed by atoms with Crippen molar-refractivity contribution in [1.29, 1.82) is 0 Å². The lowest BCUT2D eigenvalue weighted by Gasteiger charge is -2.33. The van der Waals surface area contributed by atoms with Crippen LogP contribution in [0.1, 0.15) is 34.3 Å². The van der Waals surface area contributed by atoms with Gasteiger partial charge >= 0.3 is 5.97 Å². The molecule has 0 aromatic heterocycles. The highest BCUT2D eigenvalue weighted by Crippen LogP contribution is 2.22. The van der Waals surface area contributed by atoms with Crippen LogP contribution in [0.4, 0.5) is 5.69 Å². The fourth-order valence-corrected chi connectivity index (χ4v) is 3.37. The molecule has 2 aromatic carbocycles. The third kappa shape index (κ3) is 4.60. The summed E-state index contributed by atoms with van der Waals surface area (Å²) >= 11 is 0. The van der Waals surface area contributed by atoms with Crippen molar-refractivity contribution in [3.8, 4) is 0 Å². The summed E-state index contributed by atoms with van der Waals surface area (Å²) < 4.78 is 4.78. The Morgan fingerprint density at radius 3 is 2.52 bits per heavy atom. The van der Waals surface area contributed by atoms with Crippen LogP contribution in [0, 0.1) is 6.92 Å². The normalized spacial score (nSPS) is 15.8. The first-order valence-electron chi connectivity index (χ1n) is 8.87. The molecule has 0 radical (unpaired) electrons. The first kappa shape index (κ1) is 17.5. The molecule has 4 nitrogen and oxygen atoms in total. The summed E-state index contributed by atoms with van der Waals surface area (Å²) in [5, 5.41) is 3.64. The molecule has 0 unspecified atom stereocenters. The standard InChI is InChI=1S/C21H26N2O2/c1-16-14-18(21(24)25-2)8-9-20(16)22-19-10-12-23(13-11-19)15-17-6-4-3-5-7-17/h3-9,14,19,22H,10-13,15H2,1-2H3. The summed E-state index contributed by atoms with van der Waals surface area (Å²) in [5.74, 6) is -0.288. The molecule has 1 saturated heterocycles. The van der Waals surface area contributed by atoms with E-state index in [1.807, 2.05) is 25.1 Å². The van der Waals surface area contributed by atoms with Crippen LogP contribution in [0.15, 0.2) is 48.5 Å². The van der Waals surface area contributed by atoms with Gasteiger partial charge in [0.25, 0.3) is 0 Å². The molecule has 1 aliphatic rings. The Kier molecular flexibility index (Phi) is 5.71. The molecule has 0 aliphatic carbocycles. The van der Waals surface area contributed by atoms with Crippen molar-refractivity contribution in [2.24, 2.45) is 0 Å². The number of methoxy groups -OCH3 is 1. The number of hydrogen-bond acceptors (Lipinski definition) is 4. The molecular weight excluding hydrogens is 312 g/mol. The van der Waals surface area contributed by atoms with E-state index in [0.29, 0.717) is 11.6 Å². The minimum atomic E-state index is -0.288. The molecule has 2 aromatic rings. The van der Waals surface area contributed by atoms with Crippen LogP contribution in [0.5, 0.6) is 0 Å². The number of piperidine rings is 1. The van der Waals surface area contributed by atoms with Gasteiger partial charge in [0.05, 0.1) is 12.7 Å². The molecule has 0 atom stereocenters. The molecule has 0 amide bonds. The van der Waals surface area contributed by atoms with Crippen LogP contribution < -0.4 is 5.32 Å². The van der Waals surface area contributed by atoms with Crippen LogP contribution in [-0.2, 0) is 11.3 Å². The molecule has 3 rings (SSSR count). The van der Waals surface area contributed by atoms with Gasteiger partial charge in [0.2, 0.25) is 0 Å². The van der Waals surface area contributed by atoms with Crippen LogP contribution in [0.25, 0.3) is 0 Å². The molecule has 0 spiro atoms. The van der Waals surface area contributed by atoms with Gasteiger partial charge in [-0.15, -0.1) is 0 Å². The van der Waals surface area contributed by atoms with E-state index < -0.39 is 0 Å². The summed E-state index contributed by atoms with van der Waals surface area (Å²) in [7, 11) is 1.41. The van der Waals surface area contributed by atoms with Gasteiger partial charge in [0, 0.05) is 31.4 Å². The predicted molar refractivity (Wildman–Crippen MR) is 101 cm³/mol. The Balaban J connectivity index is 1.53. The Morgan fingerprint density at radius 2 is 1.88 bits per heavy atom. The second-order valence-corrected chi connectivity index (χ2v) is 6.70. The van der Waals surface area contributed by atoms with Crippen molar-refractivity contribution >= 4 is 11.7 Å². The van der Waals surface area contributed by atoms with E-state index in [1.54, 1.807) is 0 Å². The third-order valence-electron chi connectivity index (χ3n) is 4.84. The van der Waals surface area contributed by atoms with Gasteiger partial charge in [0.15, 0.2) is 0 Å².